The highest BCUT2D eigenvalue weighted by molar-refractivity contribution is 7.91. The third-order valence-corrected chi connectivity index (χ3v) is 7.62. The summed E-state index contributed by atoms with van der Waals surface area (Å²) in [5.74, 6) is -0.839. The van der Waals surface area contributed by atoms with Crippen LogP contribution in [-0.2, 0) is 27.1 Å². The molecule has 52 heavy (non-hydrogen) atoms. The van der Waals surface area contributed by atoms with Gasteiger partial charge in [0.2, 0.25) is 10.0 Å². The lowest BCUT2D eigenvalue weighted by Gasteiger charge is -2.16. The number of nitrogens with one attached hydrogen (secondary N) is 2. The molecular formula is C33H22F6N6O6S. The number of nitriles is 2. The van der Waals surface area contributed by atoms with Gasteiger partial charge in [0.25, 0.3) is 5.56 Å². The van der Waals surface area contributed by atoms with Crippen molar-refractivity contribution in [2.45, 2.75) is 12.4 Å². The molecule has 1 aromatic heterocycles. The molecule has 0 saturated heterocycles. The second-order valence-corrected chi connectivity index (χ2v) is 12.5. The maximum atomic E-state index is 13.6. The van der Waals surface area contributed by atoms with Crippen LogP contribution >= 0.6 is 0 Å². The van der Waals surface area contributed by atoms with E-state index in [4.69, 9.17) is 16.3 Å². The number of H-pyrrole nitrogens is 1. The van der Waals surface area contributed by atoms with Crippen molar-refractivity contribution in [1.29, 1.82) is 10.5 Å². The molecule has 4 aromatic carbocycles. The van der Waals surface area contributed by atoms with Gasteiger partial charge in [0, 0.05) is 5.69 Å². The molecule has 0 unspecified atom stereocenters. The first kappa shape index (κ1) is 38.2. The van der Waals surface area contributed by atoms with Gasteiger partial charge >= 0.3 is 24.0 Å². The minimum absolute atomic E-state index is 0.0199. The number of nitrogen functional groups attached to an aromatic ring is 1. The number of hydrogen-bond acceptors (Lipinski definition) is 9. The third-order valence-electron chi connectivity index (χ3n) is 7.10. The van der Waals surface area contributed by atoms with Crippen LogP contribution in [0.25, 0.3) is 33.2 Å². The van der Waals surface area contributed by atoms with E-state index in [0.29, 0.717) is 18.4 Å². The minimum Gasteiger partial charge on any atom is -0.465 e. The first-order chi connectivity index (χ1) is 24.2. The summed E-state index contributed by atoms with van der Waals surface area (Å²) in [5.41, 5.74) is -0.0680. The van der Waals surface area contributed by atoms with Gasteiger partial charge in [-0.1, -0.05) is 24.3 Å². The van der Waals surface area contributed by atoms with Crippen LogP contribution in [0, 0.1) is 22.7 Å². The number of anilines is 1. The number of benzene rings is 4. The molecule has 4 N–H and O–H groups in total. The Morgan fingerprint density at radius 2 is 1.35 bits per heavy atom. The number of fused-ring (bicyclic) bond motifs is 1. The quantitative estimate of drug-likeness (QED) is 0.120. The number of methoxy groups -OCH3 is 1. The molecule has 0 atom stereocenters. The van der Waals surface area contributed by atoms with E-state index in [-0.39, 0.29) is 49.1 Å². The van der Waals surface area contributed by atoms with Crippen LogP contribution in [0.4, 0.5) is 32.0 Å². The molecule has 268 valence electrons. The monoisotopic (exact) mass is 744 g/mol. The largest absolute Gasteiger partial charge is 0.465 e. The van der Waals surface area contributed by atoms with Gasteiger partial charge in [-0.05, 0) is 70.8 Å². The number of nitrogens with two attached hydrogens (primary N) is 1. The second kappa shape index (κ2) is 14.3. The Morgan fingerprint density at radius 3 is 1.81 bits per heavy atom. The molecule has 0 aliphatic heterocycles. The topological polar surface area (TPSA) is 201 Å². The van der Waals surface area contributed by atoms with E-state index in [2.05, 4.69) is 9.72 Å². The number of sulfonamides is 1. The summed E-state index contributed by atoms with van der Waals surface area (Å²) in [7, 11) is -2.91. The summed E-state index contributed by atoms with van der Waals surface area (Å²) < 4.78 is 108. The van der Waals surface area contributed by atoms with Gasteiger partial charge in [0.1, 0.15) is 0 Å². The van der Waals surface area contributed by atoms with Gasteiger partial charge in [0.15, 0.2) is 0 Å². The molecule has 0 saturated carbocycles. The summed E-state index contributed by atoms with van der Waals surface area (Å²) >= 11 is 0. The van der Waals surface area contributed by atoms with Crippen molar-refractivity contribution in [3.05, 3.63) is 121 Å². The lowest BCUT2D eigenvalue weighted by atomic mass is 9.94. The Hall–Kier alpha value is -6.60. The fourth-order valence-corrected chi connectivity index (χ4v) is 5.37. The standard InChI is InChI=1S/C17H11F3N4O4S.C16H11F3N2O2/c1-29(27,28)23-24-15(25)12-6-11(10-4-2-3-9(5-10)8-21)13(17(18,19)20)7-14(12)22-16(24)26;1-23-15(22)12-6-11(10-4-2-3-9(5-10)8-20)13(7-14(12)21)16(17,18)19/h2-7,23H,1H3,(H,22,26);2-7H,21H2,1H3. The van der Waals surface area contributed by atoms with Gasteiger partial charge < -0.3 is 15.5 Å². The van der Waals surface area contributed by atoms with Crippen LogP contribution in [0.5, 0.6) is 0 Å². The van der Waals surface area contributed by atoms with Crippen LogP contribution in [-0.4, -0.2) is 37.4 Å². The molecule has 0 bridgehead atoms. The first-order valence-electron chi connectivity index (χ1n) is 14.2. The Balaban J connectivity index is 0.000000239. The average molecular weight is 745 g/mol. The van der Waals surface area contributed by atoms with Crippen molar-refractivity contribution in [2.75, 3.05) is 23.9 Å². The van der Waals surface area contributed by atoms with E-state index in [0.717, 1.165) is 19.2 Å². The zero-order valence-corrected chi connectivity index (χ0v) is 27.3. The Labute approximate surface area is 288 Å². The Kier molecular flexibility index (Phi) is 10.5. The van der Waals surface area contributed by atoms with Crippen molar-refractivity contribution in [3.63, 3.8) is 0 Å². The highest BCUT2D eigenvalue weighted by atomic mass is 32.2. The van der Waals surface area contributed by atoms with E-state index in [1.54, 1.807) is 4.83 Å². The van der Waals surface area contributed by atoms with Crippen molar-refractivity contribution in [1.82, 2.24) is 9.66 Å². The maximum absolute atomic E-state index is 13.6. The van der Waals surface area contributed by atoms with E-state index < -0.39 is 61.8 Å². The third kappa shape index (κ3) is 8.40. The number of alkyl halides is 6. The zero-order chi connectivity index (χ0) is 38.8. The number of carbonyl (C=O) groups excluding carboxylic acids is 1. The molecular weight excluding hydrogens is 722 g/mol. The number of ether oxygens (including phenoxy) is 1. The number of hydrogen-bond donors (Lipinski definition) is 3. The van der Waals surface area contributed by atoms with Gasteiger partial charge in [-0.2, -0.15) is 41.5 Å². The highest BCUT2D eigenvalue weighted by Gasteiger charge is 2.36. The molecule has 0 aliphatic carbocycles. The average Bonchev–Trinajstić information content (AvgIpc) is 3.08. The molecule has 0 amide bonds. The van der Waals surface area contributed by atoms with Crippen molar-refractivity contribution in [2.24, 2.45) is 0 Å². The fraction of sp³-hybridized carbons (Fsp3) is 0.121. The molecule has 0 spiro atoms. The normalized spacial score (nSPS) is 11.5. The van der Waals surface area contributed by atoms with Crippen LogP contribution in [0.3, 0.4) is 0 Å². The van der Waals surface area contributed by atoms with E-state index >= 15 is 0 Å². The molecule has 5 aromatic rings. The lowest BCUT2D eigenvalue weighted by molar-refractivity contribution is -0.137. The molecule has 5 rings (SSSR count). The van der Waals surface area contributed by atoms with Crippen molar-refractivity contribution < 1.29 is 44.3 Å². The van der Waals surface area contributed by atoms with Crippen LogP contribution in [0.1, 0.15) is 32.6 Å². The molecule has 12 nitrogen and oxygen atoms in total. The Bertz CT molecular complexity index is 2550. The summed E-state index contributed by atoms with van der Waals surface area (Å²) in [5, 5.41) is 17.5. The second-order valence-electron chi connectivity index (χ2n) is 10.7. The SMILES string of the molecule is COC(=O)c1cc(-c2cccc(C#N)c2)c(C(F)(F)F)cc1N.CS(=O)(=O)Nn1c(=O)[nH]c2cc(C(F)(F)F)c(-c3cccc(C#N)c3)cc2c1=O. The summed E-state index contributed by atoms with van der Waals surface area (Å²) in [6.45, 7) is 0. The summed E-state index contributed by atoms with van der Waals surface area (Å²) in [6.07, 6.45) is -8.79. The minimum atomic E-state index is -4.83. The molecule has 19 heteroatoms. The van der Waals surface area contributed by atoms with Crippen LogP contribution in [0.2, 0.25) is 0 Å². The summed E-state index contributed by atoms with van der Waals surface area (Å²) in [6, 6.07) is 17.9. The smallest absolute Gasteiger partial charge is 0.417 e. The van der Waals surface area contributed by atoms with E-state index in [1.165, 1.54) is 48.5 Å². The van der Waals surface area contributed by atoms with E-state index in [9.17, 15) is 49.1 Å². The van der Waals surface area contributed by atoms with Crippen LogP contribution in [0.15, 0.2) is 82.4 Å². The zero-order valence-electron chi connectivity index (χ0n) is 26.5. The number of esters is 1. The summed E-state index contributed by atoms with van der Waals surface area (Å²) in [4.78, 5) is 40.0. The van der Waals surface area contributed by atoms with Crippen molar-refractivity contribution in [3.8, 4) is 34.4 Å². The Morgan fingerprint density at radius 1 is 0.846 bits per heavy atom. The number of aromatic nitrogens is 2. The number of aromatic amines is 1. The van der Waals surface area contributed by atoms with Gasteiger partial charge in [-0.3, -0.25) is 4.79 Å². The fourth-order valence-electron chi connectivity index (χ4n) is 4.88. The number of nitrogens with zero attached hydrogens (tertiary/aromatic N) is 3. The molecule has 1 heterocycles. The van der Waals surface area contributed by atoms with Crippen molar-refractivity contribution >= 4 is 32.6 Å². The van der Waals surface area contributed by atoms with E-state index in [1.807, 2.05) is 12.1 Å². The highest BCUT2D eigenvalue weighted by Crippen LogP contribution is 2.40. The molecule has 0 radical (unpaired) electrons. The number of carbonyl (C=O) groups is 1. The first-order valence-corrected chi connectivity index (χ1v) is 16.1. The lowest BCUT2D eigenvalue weighted by Crippen LogP contribution is -2.43. The van der Waals surface area contributed by atoms with Gasteiger partial charge in [-0.15, -0.1) is 0 Å². The molecule has 0 fully saturated rings. The predicted molar refractivity (Wildman–Crippen MR) is 176 cm³/mol. The number of halogens is 6. The predicted octanol–water partition coefficient (Wildman–Crippen LogP) is 5.36. The van der Waals surface area contributed by atoms with Crippen LogP contribution < -0.4 is 21.8 Å². The maximum Gasteiger partial charge on any atom is 0.417 e. The van der Waals surface area contributed by atoms with Gasteiger partial charge in [-0.25, -0.2) is 22.8 Å². The number of rotatable bonds is 5. The molecule has 0 aliphatic rings. The van der Waals surface area contributed by atoms with Gasteiger partial charge in [0.05, 0.1) is 64.2 Å².